The average molecular weight is 356 g/mol. The maximum absolute atomic E-state index is 12.6. The van der Waals surface area contributed by atoms with Crippen LogP contribution in [0, 0.1) is 19.8 Å². The lowest BCUT2D eigenvalue weighted by molar-refractivity contribution is -0.121. The van der Waals surface area contributed by atoms with Gasteiger partial charge in [-0.3, -0.25) is 14.2 Å². The Bertz CT molecular complexity index is 872. The Morgan fingerprint density at radius 2 is 2.12 bits per heavy atom. The predicted octanol–water partition coefficient (Wildman–Crippen LogP) is 0.976. The molecular formula is C18H24N6O2. The summed E-state index contributed by atoms with van der Waals surface area (Å²) in [6.45, 7) is 4.64. The molecule has 0 aliphatic heterocycles. The molecule has 1 aliphatic rings. The van der Waals surface area contributed by atoms with Gasteiger partial charge in [0, 0.05) is 30.7 Å². The van der Waals surface area contributed by atoms with E-state index in [1.54, 1.807) is 19.2 Å². The quantitative estimate of drug-likeness (QED) is 0.681. The number of anilines is 2. The first-order chi connectivity index (χ1) is 12.4. The average Bonchev–Trinajstić information content (AvgIpc) is 3.41. The first kappa shape index (κ1) is 17.9. The Morgan fingerprint density at radius 3 is 2.81 bits per heavy atom. The first-order valence-electron chi connectivity index (χ1n) is 8.73. The predicted molar refractivity (Wildman–Crippen MR) is 99.7 cm³/mol. The molecule has 1 saturated carbocycles. The van der Waals surface area contributed by atoms with E-state index in [9.17, 15) is 9.59 Å². The summed E-state index contributed by atoms with van der Waals surface area (Å²) in [4.78, 5) is 33.2. The van der Waals surface area contributed by atoms with Gasteiger partial charge in [-0.1, -0.05) is 6.07 Å². The van der Waals surface area contributed by atoms with Crippen LogP contribution in [0.15, 0.2) is 23.1 Å². The van der Waals surface area contributed by atoms with Gasteiger partial charge < -0.3 is 16.4 Å². The minimum absolute atomic E-state index is 0.0489. The van der Waals surface area contributed by atoms with Crippen LogP contribution in [0.4, 0.5) is 11.6 Å². The SMILES string of the molecule is Cc1nc(N)ccc1CNC(=O)Cn1c(C)cnc(NCC2CC2)c1=O. The molecule has 1 amide bonds. The van der Waals surface area contributed by atoms with Crippen molar-refractivity contribution in [2.75, 3.05) is 17.6 Å². The molecule has 8 heteroatoms. The van der Waals surface area contributed by atoms with Crippen molar-refractivity contribution in [3.63, 3.8) is 0 Å². The van der Waals surface area contributed by atoms with E-state index >= 15 is 0 Å². The van der Waals surface area contributed by atoms with Crippen LogP contribution in [0.1, 0.15) is 29.8 Å². The van der Waals surface area contributed by atoms with Gasteiger partial charge in [-0.05, 0) is 44.2 Å². The normalized spacial score (nSPS) is 13.5. The summed E-state index contributed by atoms with van der Waals surface area (Å²) in [5.41, 5.74) is 7.67. The molecule has 138 valence electrons. The Kier molecular flexibility index (Phi) is 5.20. The number of aromatic nitrogens is 3. The van der Waals surface area contributed by atoms with Gasteiger partial charge in [0.25, 0.3) is 5.56 Å². The largest absolute Gasteiger partial charge is 0.384 e. The van der Waals surface area contributed by atoms with Crippen LogP contribution in [-0.2, 0) is 17.9 Å². The molecule has 8 nitrogen and oxygen atoms in total. The minimum Gasteiger partial charge on any atom is -0.384 e. The van der Waals surface area contributed by atoms with Crippen LogP contribution in [0.2, 0.25) is 0 Å². The molecule has 1 aliphatic carbocycles. The number of hydrogen-bond acceptors (Lipinski definition) is 6. The Balaban J connectivity index is 1.64. The molecule has 0 aromatic carbocycles. The van der Waals surface area contributed by atoms with Crippen molar-refractivity contribution in [1.29, 1.82) is 0 Å². The fourth-order valence-corrected chi connectivity index (χ4v) is 2.64. The Morgan fingerprint density at radius 1 is 1.35 bits per heavy atom. The van der Waals surface area contributed by atoms with Crippen molar-refractivity contribution in [2.24, 2.45) is 5.92 Å². The smallest absolute Gasteiger partial charge is 0.293 e. The molecule has 0 spiro atoms. The number of carbonyl (C=O) groups is 1. The third kappa shape index (κ3) is 4.38. The van der Waals surface area contributed by atoms with Crippen LogP contribution in [-0.4, -0.2) is 27.0 Å². The molecule has 0 bridgehead atoms. The van der Waals surface area contributed by atoms with E-state index in [-0.39, 0.29) is 18.0 Å². The third-order valence-corrected chi connectivity index (χ3v) is 4.50. The zero-order chi connectivity index (χ0) is 18.7. The number of nitrogen functional groups attached to an aromatic ring is 1. The van der Waals surface area contributed by atoms with Crippen molar-refractivity contribution in [2.45, 2.75) is 39.8 Å². The van der Waals surface area contributed by atoms with E-state index in [1.165, 1.54) is 17.4 Å². The molecule has 2 aromatic rings. The highest BCUT2D eigenvalue weighted by Crippen LogP contribution is 2.28. The van der Waals surface area contributed by atoms with Gasteiger partial charge in [0.1, 0.15) is 12.4 Å². The number of nitrogens with one attached hydrogen (secondary N) is 2. The second-order valence-corrected chi connectivity index (χ2v) is 6.72. The maximum Gasteiger partial charge on any atom is 0.293 e. The zero-order valence-electron chi connectivity index (χ0n) is 15.1. The highest BCUT2D eigenvalue weighted by Gasteiger charge is 2.21. The summed E-state index contributed by atoms with van der Waals surface area (Å²) in [7, 11) is 0. The molecule has 4 N–H and O–H groups in total. The summed E-state index contributed by atoms with van der Waals surface area (Å²) in [5.74, 6) is 1.13. The van der Waals surface area contributed by atoms with E-state index in [2.05, 4.69) is 20.6 Å². The van der Waals surface area contributed by atoms with Crippen molar-refractivity contribution in [3.05, 3.63) is 45.6 Å². The van der Waals surface area contributed by atoms with E-state index in [1.807, 2.05) is 13.0 Å². The van der Waals surface area contributed by atoms with E-state index in [4.69, 9.17) is 5.73 Å². The van der Waals surface area contributed by atoms with Gasteiger partial charge in [-0.15, -0.1) is 0 Å². The van der Waals surface area contributed by atoms with Crippen LogP contribution in [0.25, 0.3) is 0 Å². The van der Waals surface area contributed by atoms with E-state index < -0.39 is 0 Å². The van der Waals surface area contributed by atoms with Crippen LogP contribution >= 0.6 is 0 Å². The lowest BCUT2D eigenvalue weighted by Gasteiger charge is -2.13. The molecule has 0 unspecified atom stereocenters. The van der Waals surface area contributed by atoms with Crippen LogP contribution < -0.4 is 21.9 Å². The second-order valence-electron chi connectivity index (χ2n) is 6.72. The molecule has 26 heavy (non-hydrogen) atoms. The summed E-state index contributed by atoms with van der Waals surface area (Å²) in [6.07, 6.45) is 3.99. The highest BCUT2D eigenvalue weighted by atomic mass is 16.2. The second kappa shape index (κ2) is 7.55. The molecule has 3 rings (SSSR count). The standard InChI is InChI=1S/C18H24N6O2/c1-11-7-21-17(22-8-13-3-4-13)18(26)24(11)10-16(25)20-9-14-5-6-15(19)23-12(14)2/h5-7,13H,3-4,8-10H2,1-2H3,(H2,19,23)(H,20,25)(H,21,22). The number of carbonyl (C=O) groups excluding carboxylic acids is 1. The number of rotatable bonds is 7. The highest BCUT2D eigenvalue weighted by molar-refractivity contribution is 5.75. The molecule has 0 radical (unpaired) electrons. The monoisotopic (exact) mass is 356 g/mol. The van der Waals surface area contributed by atoms with Gasteiger partial charge in [0.2, 0.25) is 5.91 Å². The first-order valence-corrected chi connectivity index (χ1v) is 8.73. The lowest BCUT2D eigenvalue weighted by atomic mass is 10.2. The number of pyridine rings is 1. The van der Waals surface area contributed by atoms with Gasteiger partial charge in [-0.25, -0.2) is 9.97 Å². The van der Waals surface area contributed by atoms with Crippen molar-refractivity contribution in [3.8, 4) is 0 Å². The van der Waals surface area contributed by atoms with E-state index in [0.717, 1.165) is 17.8 Å². The summed E-state index contributed by atoms with van der Waals surface area (Å²) in [6, 6.07) is 3.53. The topological polar surface area (TPSA) is 115 Å². The van der Waals surface area contributed by atoms with Crippen LogP contribution in [0.3, 0.4) is 0 Å². The fraction of sp³-hybridized carbons (Fsp3) is 0.444. The molecule has 1 fully saturated rings. The molecule has 0 atom stereocenters. The number of amides is 1. The van der Waals surface area contributed by atoms with Crippen molar-refractivity contribution in [1.82, 2.24) is 19.9 Å². The Labute approximate surface area is 151 Å². The summed E-state index contributed by atoms with van der Waals surface area (Å²) >= 11 is 0. The van der Waals surface area contributed by atoms with Crippen molar-refractivity contribution >= 4 is 17.5 Å². The number of nitrogens with two attached hydrogens (primary N) is 1. The van der Waals surface area contributed by atoms with Crippen LogP contribution in [0.5, 0.6) is 0 Å². The van der Waals surface area contributed by atoms with Crippen molar-refractivity contribution < 1.29 is 4.79 Å². The Hall–Kier alpha value is -2.90. The van der Waals surface area contributed by atoms with Gasteiger partial charge >= 0.3 is 0 Å². The van der Waals surface area contributed by atoms with Gasteiger partial charge in [0.15, 0.2) is 5.82 Å². The van der Waals surface area contributed by atoms with Gasteiger partial charge in [0.05, 0.1) is 0 Å². The number of nitrogens with zero attached hydrogens (tertiary/aromatic N) is 3. The fourth-order valence-electron chi connectivity index (χ4n) is 2.64. The van der Waals surface area contributed by atoms with Gasteiger partial charge in [-0.2, -0.15) is 0 Å². The zero-order valence-corrected chi connectivity index (χ0v) is 15.1. The molecular weight excluding hydrogens is 332 g/mol. The maximum atomic E-state index is 12.6. The minimum atomic E-state index is -0.272. The third-order valence-electron chi connectivity index (χ3n) is 4.50. The lowest BCUT2D eigenvalue weighted by Crippen LogP contribution is -2.34. The number of aryl methyl sites for hydroxylation is 2. The summed E-state index contributed by atoms with van der Waals surface area (Å²) < 4.78 is 1.44. The molecule has 0 saturated heterocycles. The molecule has 2 heterocycles. The molecule has 2 aromatic heterocycles. The van der Waals surface area contributed by atoms with E-state index in [0.29, 0.717) is 29.8 Å². The summed E-state index contributed by atoms with van der Waals surface area (Å²) in [5, 5.41) is 5.91. The number of hydrogen-bond donors (Lipinski definition) is 3.